The molecule has 26 heavy (non-hydrogen) atoms. The first-order valence-corrected chi connectivity index (χ1v) is 9.73. The third kappa shape index (κ3) is 3.27. The molecule has 0 unspecified atom stereocenters. The maximum atomic E-state index is 13.0. The van der Waals surface area contributed by atoms with Gasteiger partial charge in [-0.2, -0.15) is 0 Å². The summed E-state index contributed by atoms with van der Waals surface area (Å²) in [4.78, 5) is 17.7. The number of nitrogens with one attached hydrogen (secondary N) is 1. The molecule has 136 valence electrons. The van der Waals surface area contributed by atoms with Crippen LogP contribution in [0, 0.1) is 13.8 Å². The van der Waals surface area contributed by atoms with Crippen molar-refractivity contribution < 1.29 is 4.79 Å². The highest BCUT2D eigenvalue weighted by molar-refractivity contribution is 7.80. The van der Waals surface area contributed by atoms with Gasteiger partial charge in [0.15, 0.2) is 5.11 Å². The largest absolute Gasteiger partial charge is 0.350 e. The first-order valence-electron chi connectivity index (χ1n) is 8.45. The number of rotatable bonds is 3. The quantitative estimate of drug-likeness (QED) is 0.805. The molecule has 0 fully saturated rings. The van der Waals surface area contributed by atoms with Crippen LogP contribution in [-0.4, -0.2) is 30.0 Å². The third-order valence-corrected chi connectivity index (χ3v) is 5.79. The molecule has 1 N–H and O–H groups in total. The van der Waals surface area contributed by atoms with Crippen LogP contribution in [0.2, 0.25) is 0 Å². The number of hydrogen-bond donors (Lipinski definition) is 1. The fraction of sp³-hybridized carbons (Fsp3) is 0.300. The van der Waals surface area contributed by atoms with E-state index in [2.05, 4.69) is 37.4 Å². The summed E-state index contributed by atoms with van der Waals surface area (Å²) in [6.45, 7) is 6.10. The Bertz CT molecular complexity index is 884. The van der Waals surface area contributed by atoms with Gasteiger partial charge >= 0.3 is 0 Å². The number of benzene rings is 1. The molecule has 1 atom stereocenters. The van der Waals surface area contributed by atoms with Gasteiger partial charge in [-0.05, 0) is 61.6 Å². The lowest BCUT2D eigenvalue weighted by Gasteiger charge is -2.38. The van der Waals surface area contributed by atoms with Gasteiger partial charge in [0.1, 0.15) is 0 Å². The van der Waals surface area contributed by atoms with Crippen LogP contribution in [0.3, 0.4) is 0 Å². The lowest BCUT2D eigenvalue weighted by Crippen LogP contribution is -2.49. The van der Waals surface area contributed by atoms with Gasteiger partial charge in [0, 0.05) is 24.7 Å². The van der Waals surface area contributed by atoms with Gasteiger partial charge in [-0.15, -0.1) is 11.3 Å². The minimum atomic E-state index is -0.223. The van der Waals surface area contributed by atoms with Crippen molar-refractivity contribution in [2.45, 2.75) is 26.8 Å². The molecule has 1 amide bonds. The van der Waals surface area contributed by atoms with Crippen LogP contribution in [-0.2, 0) is 4.79 Å². The average Bonchev–Trinajstić information content (AvgIpc) is 3.11. The Morgan fingerprint density at radius 3 is 2.58 bits per heavy atom. The number of carbonyl (C=O) groups excluding carboxylic acids is 1. The highest BCUT2D eigenvalue weighted by atomic mass is 32.1. The number of aryl methyl sites for hydroxylation is 2. The molecule has 0 bridgehead atoms. The van der Waals surface area contributed by atoms with Gasteiger partial charge in [0.2, 0.25) is 0 Å². The van der Waals surface area contributed by atoms with E-state index in [0.29, 0.717) is 5.11 Å². The van der Waals surface area contributed by atoms with Crippen LogP contribution < -0.4 is 10.2 Å². The number of amides is 1. The van der Waals surface area contributed by atoms with Crippen molar-refractivity contribution in [3.63, 3.8) is 0 Å². The predicted octanol–water partition coefficient (Wildman–Crippen LogP) is 4.16. The lowest BCUT2D eigenvalue weighted by molar-refractivity contribution is -0.125. The highest BCUT2D eigenvalue weighted by Crippen LogP contribution is 2.37. The Morgan fingerprint density at radius 2 is 1.96 bits per heavy atom. The molecule has 2 aromatic rings. The molecule has 1 aromatic carbocycles. The van der Waals surface area contributed by atoms with E-state index in [1.165, 1.54) is 0 Å². The molecule has 3 rings (SSSR count). The van der Waals surface area contributed by atoms with Crippen LogP contribution in [0.15, 0.2) is 47.0 Å². The molecule has 0 saturated carbocycles. The predicted molar refractivity (Wildman–Crippen MR) is 113 cm³/mol. The fourth-order valence-corrected chi connectivity index (χ4v) is 4.32. The molecule has 0 aliphatic carbocycles. The summed E-state index contributed by atoms with van der Waals surface area (Å²) in [6, 6.07) is 10.1. The smallest absolute Gasteiger partial charge is 0.253 e. The first-order chi connectivity index (χ1) is 12.3. The van der Waals surface area contributed by atoms with Crippen LogP contribution in [0.4, 0.5) is 5.69 Å². The molecule has 6 heteroatoms. The number of likely N-dealkylation sites (N-methyl/N-ethyl adjacent to an activating group) is 1. The minimum absolute atomic E-state index is 0.00814. The number of thiophene rings is 1. The van der Waals surface area contributed by atoms with Crippen LogP contribution in [0.1, 0.15) is 29.0 Å². The molecule has 0 radical (unpaired) electrons. The Kier molecular flexibility index (Phi) is 5.16. The summed E-state index contributed by atoms with van der Waals surface area (Å²) in [5.41, 5.74) is 4.88. The number of allylic oxidation sites excluding steroid dienone is 1. The highest BCUT2D eigenvalue weighted by Gasteiger charge is 2.36. The molecule has 4 nitrogen and oxygen atoms in total. The first kappa shape index (κ1) is 18.6. The average molecular weight is 386 g/mol. The van der Waals surface area contributed by atoms with E-state index >= 15 is 0 Å². The molecule has 1 aliphatic rings. The van der Waals surface area contributed by atoms with Crippen molar-refractivity contribution >= 4 is 40.3 Å². The number of anilines is 1. The zero-order valence-corrected chi connectivity index (χ0v) is 17.3. The van der Waals surface area contributed by atoms with Crippen molar-refractivity contribution in [2.75, 3.05) is 19.0 Å². The number of thiocarbonyl (C=S) groups is 1. The summed E-state index contributed by atoms with van der Waals surface area (Å²) in [5.74, 6) is -0.00814. The molecule has 1 aromatic heterocycles. The number of hydrogen-bond acceptors (Lipinski definition) is 3. The van der Waals surface area contributed by atoms with E-state index in [9.17, 15) is 4.79 Å². The van der Waals surface area contributed by atoms with E-state index in [-0.39, 0.29) is 11.9 Å². The van der Waals surface area contributed by atoms with Gasteiger partial charge in [-0.3, -0.25) is 9.69 Å². The van der Waals surface area contributed by atoms with E-state index in [0.717, 1.165) is 33.0 Å². The maximum Gasteiger partial charge on any atom is 0.253 e. The van der Waals surface area contributed by atoms with E-state index in [1.54, 1.807) is 30.3 Å². The third-order valence-electron chi connectivity index (χ3n) is 4.55. The van der Waals surface area contributed by atoms with Crippen molar-refractivity contribution in [3.8, 4) is 0 Å². The molecular formula is C20H23N3OS2. The second kappa shape index (κ2) is 7.21. The van der Waals surface area contributed by atoms with Crippen LogP contribution in [0.25, 0.3) is 0 Å². The maximum absolute atomic E-state index is 13.0. The van der Waals surface area contributed by atoms with Gasteiger partial charge in [0.05, 0.1) is 17.3 Å². The Labute approximate surface area is 164 Å². The molecule has 1 aliphatic heterocycles. The van der Waals surface area contributed by atoms with Gasteiger partial charge in [-0.1, -0.05) is 18.2 Å². The van der Waals surface area contributed by atoms with Crippen molar-refractivity contribution in [1.29, 1.82) is 0 Å². The molecule has 0 spiro atoms. The topological polar surface area (TPSA) is 35.6 Å². The van der Waals surface area contributed by atoms with E-state index in [1.807, 2.05) is 29.3 Å². The van der Waals surface area contributed by atoms with Gasteiger partial charge in [0.25, 0.3) is 5.91 Å². The van der Waals surface area contributed by atoms with E-state index in [4.69, 9.17) is 12.2 Å². The SMILES string of the molecule is CC1=C(C(=O)N(C)C)[C@@H](c2cccs2)NC(=S)N1c1cc(C)ccc1C. The zero-order valence-electron chi connectivity index (χ0n) is 15.7. The Hall–Kier alpha value is -2.18. The molecular weight excluding hydrogens is 362 g/mol. The molecule has 0 saturated heterocycles. The zero-order chi connectivity index (χ0) is 19.0. The summed E-state index contributed by atoms with van der Waals surface area (Å²) in [5, 5.41) is 6.03. The van der Waals surface area contributed by atoms with E-state index < -0.39 is 0 Å². The van der Waals surface area contributed by atoms with Gasteiger partial charge < -0.3 is 10.2 Å². The fourth-order valence-electron chi connectivity index (χ4n) is 3.18. The number of nitrogens with zero attached hydrogens (tertiary/aromatic N) is 2. The van der Waals surface area contributed by atoms with Crippen LogP contribution >= 0.6 is 23.6 Å². The summed E-state index contributed by atoms with van der Waals surface area (Å²) < 4.78 is 0. The van der Waals surface area contributed by atoms with Crippen molar-refractivity contribution in [1.82, 2.24) is 10.2 Å². The normalized spacial score (nSPS) is 17.3. The van der Waals surface area contributed by atoms with Crippen molar-refractivity contribution in [3.05, 3.63) is 63.0 Å². The Balaban J connectivity index is 2.19. The molecule has 2 heterocycles. The monoisotopic (exact) mass is 385 g/mol. The van der Waals surface area contributed by atoms with Crippen molar-refractivity contribution in [2.24, 2.45) is 0 Å². The number of carbonyl (C=O) groups is 1. The lowest BCUT2D eigenvalue weighted by atomic mass is 9.98. The second-order valence-electron chi connectivity index (χ2n) is 6.72. The summed E-state index contributed by atoms with van der Waals surface area (Å²) >= 11 is 7.33. The standard InChI is InChI=1S/C20H23N3OS2/c1-12-8-9-13(2)15(11-12)23-14(3)17(19(24)22(4)5)18(21-20(23)25)16-7-6-10-26-16/h6-11,18H,1-5H3,(H,21,25)/t18-/m1/s1. The Morgan fingerprint density at radius 1 is 1.23 bits per heavy atom. The summed E-state index contributed by atoms with van der Waals surface area (Å²) in [7, 11) is 3.56. The van der Waals surface area contributed by atoms with Crippen LogP contribution in [0.5, 0.6) is 0 Å². The minimum Gasteiger partial charge on any atom is -0.350 e. The summed E-state index contributed by atoms with van der Waals surface area (Å²) in [6.07, 6.45) is 0. The van der Waals surface area contributed by atoms with Gasteiger partial charge in [-0.25, -0.2) is 0 Å². The second-order valence-corrected chi connectivity index (χ2v) is 8.09.